The van der Waals surface area contributed by atoms with Crippen molar-refractivity contribution in [3.8, 4) is 0 Å². The maximum Gasteiger partial charge on any atom is 0.243 e. The van der Waals surface area contributed by atoms with Crippen LogP contribution in [-0.4, -0.2) is 36.9 Å². The maximum atomic E-state index is 11.2. The standard InChI is InChI=1S/C7H14N2O2S2/c1-5(10)9-6(4-13-12-3)7(11)8-2/h6H,4H2,1-3H3,(H,8,11)(H,9,10). The highest BCUT2D eigenvalue weighted by Gasteiger charge is 2.17. The zero-order valence-electron chi connectivity index (χ0n) is 7.92. The summed E-state index contributed by atoms with van der Waals surface area (Å²) in [5, 5.41) is 5.08. The average molecular weight is 222 g/mol. The molecule has 0 saturated heterocycles. The molecule has 2 N–H and O–H groups in total. The van der Waals surface area contributed by atoms with Crippen LogP contribution in [0.2, 0.25) is 0 Å². The third kappa shape index (κ3) is 5.81. The Balaban J connectivity index is 4.02. The Labute approximate surface area is 86.0 Å². The van der Waals surface area contributed by atoms with Crippen LogP contribution in [0.5, 0.6) is 0 Å². The van der Waals surface area contributed by atoms with Crippen molar-refractivity contribution < 1.29 is 9.59 Å². The molecule has 0 fully saturated rings. The fraction of sp³-hybridized carbons (Fsp3) is 0.714. The molecule has 2 amide bonds. The number of carbonyl (C=O) groups excluding carboxylic acids is 2. The van der Waals surface area contributed by atoms with Crippen molar-refractivity contribution in [3.63, 3.8) is 0 Å². The normalized spacial score (nSPS) is 11.9. The minimum absolute atomic E-state index is 0.156. The molecule has 0 bridgehead atoms. The molecular formula is C7H14N2O2S2. The average Bonchev–Trinajstić information content (AvgIpc) is 2.10. The number of rotatable bonds is 5. The molecule has 4 nitrogen and oxygen atoms in total. The van der Waals surface area contributed by atoms with E-state index in [0.29, 0.717) is 5.75 Å². The molecule has 0 aliphatic heterocycles. The highest BCUT2D eigenvalue weighted by atomic mass is 33.1. The van der Waals surface area contributed by atoms with Gasteiger partial charge in [0, 0.05) is 19.7 Å². The van der Waals surface area contributed by atoms with Gasteiger partial charge < -0.3 is 10.6 Å². The molecule has 1 atom stereocenters. The Morgan fingerprint density at radius 3 is 2.46 bits per heavy atom. The van der Waals surface area contributed by atoms with Gasteiger partial charge in [-0.15, -0.1) is 0 Å². The first-order chi connectivity index (χ1) is 6.11. The van der Waals surface area contributed by atoms with Gasteiger partial charge in [0.25, 0.3) is 0 Å². The Morgan fingerprint density at radius 2 is 2.08 bits per heavy atom. The van der Waals surface area contributed by atoms with Crippen molar-refractivity contribution in [1.82, 2.24) is 10.6 Å². The van der Waals surface area contributed by atoms with Crippen molar-refractivity contribution in [2.75, 3.05) is 19.1 Å². The quantitative estimate of drug-likeness (QED) is 0.655. The zero-order chi connectivity index (χ0) is 10.3. The van der Waals surface area contributed by atoms with Gasteiger partial charge in [-0.1, -0.05) is 21.6 Å². The Morgan fingerprint density at radius 1 is 1.46 bits per heavy atom. The lowest BCUT2D eigenvalue weighted by molar-refractivity contribution is -0.127. The summed E-state index contributed by atoms with van der Waals surface area (Å²) in [6.07, 6.45) is 1.93. The molecule has 0 aromatic rings. The first kappa shape index (κ1) is 12.6. The fourth-order valence-corrected chi connectivity index (χ4v) is 2.06. The molecule has 0 heterocycles. The minimum atomic E-state index is -0.431. The van der Waals surface area contributed by atoms with Crippen molar-refractivity contribution in [2.45, 2.75) is 13.0 Å². The predicted molar refractivity (Wildman–Crippen MR) is 57.6 cm³/mol. The van der Waals surface area contributed by atoms with Crippen molar-refractivity contribution in [2.24, 2.45) is 0 Å². The summed E-state index contributed by atoms with van der Waals surface area (Å²) < 4.78 is 0. The van der Waals surface area contributed by atoms with Crippen LogP contribution in [0.25, 0.3) is 0 Å². The lowest BCUT2D eigenvalue weighted by Gasteiger charge is -2.14. The third-order valence-electron chi connectivity index (χ3n) is 1.29. The number of amides is 2. The SMILES string of the molecule is CNC(=O)C(CSSC)NC(C)=O. The van der Waals surface area contributed by atoms with E-state index in [1.165, 1.54) is 6.92 Å². The summed E-state index contributed by atoms with van der Waals surface area (Å²) >= 11 is 0. The molecule has 0 saturated carbocycles. The molecule has 0 radical (unpaired) electrons. The summed E-state index contributed by atoms with van der Waals surface area (Å²) in [6.45, 7) is 1.40. The third-order valence-corrected chi connectivity index (χ3v) is 3.11. The van der Waals surface area contributed by atoms with Crippen LogP contribution < -0.4 is 10.6 Å². The number of carbonyl (C=O) groups is 2. The first-order valence-electron chi connectivity index (χ1n) is 3.76. The lowest BCUT2D eigenvalue weighted by atomic mass is 10.3. The maximum absolute atomic E-state index is 11.2. The largest absolute Gasteiger partial charge is 0.357 e. The van der Waals surface area contributed by atoms with E-state index < -0.39 is 6.04 Å². The van der Waals surface area contributed by atoms with Crippen LogP contribution in [0.4, 0.5) is 0 Å². The molecule has 0 rings (SSSR count). The van der Waals surface area contributed by atoms with Gasteiger partial charge in [-0.25, -0.2) is 0 Å². The second kappa shape index (κ2) is 7.08. The van der Waals surface area contributed by atoms with E-state index in [0.717, 1.165) is 0 Å². The van der Waals surface area contributed by atoms with Gasteiger partial charge in [-0.2, -0.15) is 0 Å². The van der Waals surface area contributed by atoms with E-state index in [1.54, 1.807) is 28.6 Å². The number of hydrogen-bond acceptors (Lipinski definition) is 4. The zero-order valence-corrected chi connectivity index (χ0v) is 9.55. The second-order valence-electron chi connectivity index (χ2n) is 2.32. The summed E-state index contributed by atoms with van der Waals surface area (Å²) in [6, 6.07) is -0.431. The van der Waals surface area contributed by atoms with Crippen LogP contribution in [-0.2, 0) is 9.59 Å². The number of hydrogen-bond donors (Lipinski definition) is 2. The topological polar surface area (TPSA) is 58.2 Å². The van der Waals surface area contributed by atoms with Gasteiger partial charge in [-0.05, 0) is 6.26 Å². The highest BCUT2D eigenvalue weighted by molar-refractivity contribution is 8.76. The van der Waals surface area contributed by atoms with E-state index >= 15 is 0 Å². The van der Waals surface area contributed by atoms with Gasteiger partial charge >= 0.3 is 0 Å². The first-order valence-corrected chi connectivity index (χ1v) is 6.48. The van der Waals surface area contributed by atoms with Gasteiger partial charge in [0.2, 0.25) is 11.8 Å². The van der Waals surface area contributed by atoms with E-state index in [9.17, 15) is 9.59 Å². The Hall–Kier alpha value is -0.360. The van der Waals surface area contributed by atoms with E-state index in [-0.39, 0.29) is 11.8 Å². The second-order valence-corrected chi connectivity index (χ2v) is 4.93. The van der Waals surface area contributed by atoms with Crippen LogP contribution >= 0.6 is 21.6 Å². The van der Waals surface area contributed by atoms with E-state index in [4.69, 9.17) is 0 Å². The Kier molecular flexibility index (Phi) is 6.89. The van der Waals surface area contributed by atoms with Crippen molar-refractivity contribution in [1.29, 1.82) is 0 Å². The Bertz CT molecular complexity index is 187. The molecule has 0 aromatic heterocycles. The molecule has 76 valence electrons. The predicted octanol–water partition coefficient (Wildman–Crippen LogP) is 0.248. The molecule has 6 heteroatoms. The molecule has 0 aliphatic rings. The highest BCUT2D eigenvalue weighted by Crippen LogP contribution is 2.17. The van der Waals surface area contributed by atoms with Gasteiger partial charge in [0.1, 0.15) is 6.04 Å². The van der Waals surface area contributed by atoms with Gasteiger partial charge in [0.15, 0.2) is 0 Å². The summed E-state index contributed by atoms with van der Waals surface area (Å²) in [5.74, 6) is 0.243. The number of nitrogens with one attached hydrogen (secondary N) is 2. The van der Waals surface area contributed by atoms with Gasteiger partial charge in [-0.3, -0.25) is 9.59 Å². The summed E-state index contributed by atoms with van der Waals surface area (Å²) in [5.41, 5.74) is 0. The summed E-state index contributed by atoms with van der Waals surface area (Å²) in [4.78, 5) is 21.9. The molecule has 0 aliphatic carbocycles. The summed E-state index contributed by atoms with van der Waals surface area (Å²) in [7, 11) is 4.67. The number of likely N-dealkylation sites (N-methyl/N-ethyl adjacent to an activating group) is 1. The van der Waals surface area contributed by atoms with Crippen LogP contribution in [0.15, 0.2) is 0 Å². The van der Waals surface area contributed by atoms with E-state index in [1.807, 2.05) is 6.26 Å². The fourth-order valence-electron chi connectivity index (χ4n) is 0.739. The lowest BCUT2D eigenvalue weighted by Crippen LogP contribution is -2.46. The monoisotopic (exact) mass is 222 g/mol. The van der Waals surface area contributed by atoms with Crippen LogP contribution in [0.3, 0.4) is 0 Å². The molecule has 1 unspecified atom stereocenters. The van der Waals surface area contributed by atoms with Crippen molar-refractivity contribution >= 4 is 33.4 Å². The van der Waals surface area contributed by atoms with Crippen LogP contribution in [0, 0.1) is 0 Å². The minimum Gasteiger partial charge on any atom is -0.357 e. The van der Waals surface area contributed by atoms with Crippen LogP contribution in [0.1, 0.15) is 6.92 Å². The molecule has 0 spiro atoms. The van der Waals surface area contributed by atoms with Gasteiger partial charge in [0.05, 0.1) is 0 Å². The van der Waals surface area contributed by atoms with Crippen molar-refractivity contribution in [3.05, 3.63) is 0 Å². The smallest absolute Gasteiger partial charge is 0.243 e. The molecule has 13 heavy (non-hydrogen) atoms. The van der Waals surface area contributed by atoms with E-state index in [2.05, 4.69) is 10.6 Å². The molecular weight excluding hydrogens is 208 g/mol. The molecule has 0 aromatic carbocycles.